The van der Waals surface area contributed by atoms with Crippen molar-refractivity contribution >= 4 is 91.3 Å². The SMILES string of the molecule is CC1C(=NSN)C(Br)=CC2=C1c1c(cc(Br)c3nsnc13)[Si]2(C)C. The van der Waals surface area contributed by atoms with E-state index in [1.165, 1.54) is 33.2 Å². The van der Waals surface area contributed by atoms with Gasteiger partial charge in [0, 0.05) is 20.4 Å². The summed E-state index contributed by atoms with van der Waals surface area (Å²) in [7, 11) is -1.79. The van der Waals surface area contributed by atoms with Gasteiger partial charge >= 0.3 is 0 Å². The first-order chi connectivity index (χ1) is 11.4. The zero-order chi connectivity index (χ0) is 17.2. The van der Waals surface area contributed by atoms with E-state index in [1.807, 2.05) is 0 Å². The van der Waals surface area contributed by atoms with Gasteiger partial charge < -0.3 is 0 Å². The van der Waals surface area contributed by atoms with Gasteiger partial charge in [-0.2, -0.15) is 8.75 Å². The van der Waals surface area contributed by atoms with Crippen LogP contribution in [0.5, 0.6) is 0 Å². The van der Waals surface area contributed by atoms with Gasteiger partial charge in [0.1, 0.15) is 19.1 Å². The molecule has 4 rings (SSSR count). The third-order valence-electron chi connectivity index (χ3n) is 4.91. The Morgan fingerprint density at radius 3 is 2.71 bits per heavy atom. The van der Waals surface area contributed by atoms with Crippen LogP contribution in [0.15, 0.2) is 30.7 Å². The van der Waals surface area contributed by atoms with Gasteiger partial charge in [0.05, 0.1) is 29.6 Å². The zero-order valence-corrected chi connectivity index (χ0v) is 19.0. The van der Waals surface area contributed by atoms with Gasteiger partial charge in [-0.15, -0.1) is 0 Å². The largest absolute Gasteiger partial charge is 0.258 e. The Labute approximate surface area is 166 Å². The van der Waals surface area contributed by atoms with Crippen LogP contribution < -0.4 is 10.3 Å². The number of benzene rings is 1. The molecule has 1 unspecified atom stereocenters. The molecule has 1 atom stereocenters. The maximum absolute atomic E-state index is 5.61. The molecule has 2 aromatic rings. The molecular formula is C15H14Br2N4S2Si. The minimum Gasteiger partial charge on any atom is -0.258 e. The fraction of sp³-hybridized carbons (Fsp3) is 0.267. The van der Waals surface area contributed by atoms with Gasteiger partial charge in [-0.05, 0) is 60.0 Å². The van der Waals surface area contributed by atoms with E-state index in [1.54, 1.807) is 0 Å². The number of nitrogens with two attached hydrogens (primary N) is 1. The van der Waals surface area contributed by atoms with Crippen molar-refractivity contribution in [2.75, 3.05) is 0 Å². The monoisotopic (exact) mass is 500 g/mol. The summed E-state index contributed by atoms with van der Waals surface area (Å²) in [5, 5.41) is 8.48. The maximum Gasteiger partial charge on any atom is 0.119 e. The van der Waals surface area contributed by atoms with E-state index in [9.17, 15) is 0 Å². The summed E-state index contributed by atoms with van der Waals surface area (Å²) < 4.78 is 15.6. The standard InChI is InChI=1S/C15H14Br2N4S2Si/c1-6-11-9(4-7(16)13(6)19-22-18)24(2,3)10-5-8(17)14-15(12(10)11)21-23-20-14/h4-6H,18H2,1-3H3. The lowest BCUT2D eigenvalue weighted by atomic mass is 9.86. The second kappa shape index (κ2) is 5.85. The second-order valence-corrected chi connectivity index (χ2v) is 13.4. The first-order valence-corrected chi connectivity index (χ1v) is 13.5. The molecule has 2 heterocycles. The van der Waals surface area contributed by atoms with Gasteiger partial charge in [-0.1, -0.05) is 20.0 Å². The molecule has 0 fully saturated rings. The summed E-state index contributed by atoms with van der Waals surface area (Å²) in [6, 6.07) is 2.26. The van der Waals surface area contributed by atoms with Crippen molar-refractivity contribution in [2.45, 2.75) is 20.0 Å². The second-order valence-electron chi connectivity index (χ2n) is 6.49. The molecule has 9 heteroatoms. The third-order valence-corrected chi connectivity index (χ3v) is 10.5. The molecule has 0 amide bonds. The first kappa shape index (κ1) is 17.1. The van der Waals surface area contributed by atoms with Gasteiger partial charge in [0.15, 0.2) is 0 Å². The van der Waals surface area contributed by atoms with E-state index in [4.69, 9.17) is 5.14 Å². The van der Waals surface area contributed by atoms with Crippen molar-refractivity contribution in [2.24, 2.45) is 15.5 Å². The topological polar surface area (TPSA) is 64.2 Å². The molecule has 2 N–H and O–H groups in total. The number of halogens is 2. The smallest absolute Gasteiger partial charge is 0.119 e. The van der Waals surface area contributed by atoms with E-state index >= 15 is 0 Å². The Bertz CT molecular complexity index is 977. The van der Waals surface area contributed by atoms with Crippen molar-refractivity contribution in [3.8, 4) is 0 Å². The van der Waals surface area contributed by atoms with Crippen molar-refractivity contribution in [1.82, 2.24) is 8.75 Å². The van der Waals surface area contributed by atoms with Crippen LogP contribution in [0.1, 0.15) is 12.5 Å². The van der Waals surface area contributed by atoms with E-state index in [0.29, 0.717) is 0 Å². The minimum atomic E-state index is -1.79. The van der Waals surface area contributed by atoms with Crippen LogP contribution in [0.25, 0.3) is 16.6 Å². The zero-order valence-electron chi connectivity index (χ0n) is 13.2. The van der Waals surface area contributed by atoms with E-state index in [2.05, 4.69) is 77.2 Å². The predicted molar refractivity (Wildman–Crippen MR) is 115 cm³/mol. The average Bonchev–Trinajstić information content (AvgIpc) is 3.08. The summed E-state index contributed by atoms with van der Waals surface area (Å²) in [5.74, 6) is 0.175. The number of fused-ring (bicyclic) bond motifs is 4. The highest BCUT2D eigenvalue weighted by molar-refractivity contribution is 9.12. The molecule has 0 spiro atoms. The van der Waals surface area contributed by atoms with Crippen LogP contribution in [0.2, 0.25) is 13.1 Å². The Hall–Kier alpha value is -0.323. The summed E-state index contributed by atoms with van der Waals surface area (Å²) in [5.41, 5.74) is 5.56. The Balaban J connectivity index is 2.09. The summed E-state index contributed by atoms with van der Waals surface area (Å²) >= 11 is 9.66. The summed E-state index contributed by atoms with van der Waals surface area (Å²) in [6.45, 7) is 7.00. The number of hydrogen-bond acceptors (Lipinski definition) is 6. The van der Waals surface area contributed by atoms with E-state index < -0.39 is 8.07 Å². The minimum absolute atomic E-state index is 0.175. The van der Waals surface area contributed by atoms with Crippen LogP contribution in [-0.2, 0) is 0 Å². The molecule has 1 aromatic carbocycles. The molecule has 0 bridgehead atoms. The first-order valence-electron chi connectivity index (χ1n) is 7.39. The van der Waals surface area contributed by atoms with Crippen LogP contribution in [0, 0.1) is 5.92 Å². The Morgan fingerprint density at radius 2 is 2.00 bits per heavy atom. The normalized spacial score (nSPS) is 23.7. The van der Waals surface area contributed by atoms with Crippen molar-refractivity contribution in [3.05, 3.63) is 31.9 Å². The van der Waals surface area contributed by atoms with E-state index in [-0.39, 0.29) is 5.92 Å². The lowest BCUT2D eigenvalue weighted by Gasteiger charge is -2.26. The highest BCUT2D eigenvalue weighted by Crippen LogP contribution is 2.47. The summed E-state index contributed by atoms with van der Waals surface area (Å²) in [4.78, 5) is 0. The van der Waals surface area contributed by atoms with Crippen LogP contribution in [0.3, 0.4) is 0 Å². The third kappa shape index (κ3) is 2.22. The molecule has 1 aromatic heterocycles. The lowest BCUT2D eigenvalue weighted by molar-refractivity contribution is 1.02. The van der Waals surface area contributed by atoms with Crippen LogP contribution in [0.4, 0.5) is 0 Å². The molecule has 124 valence electrons. The summed E-state index contributed by atoms with van der Waals surface area (Å²) in [6.07, 6.45) is 2.25. The molecule has 1 aliphatic heterocycles. The van der Waals surface area contributed by atoms with Crippen molar-refractivity contribution in [1.29, 1.82) is 0 Å². The highest BCUT2D eigenvalue weighted by atomic mass is 79.9. The fourth-order valence-electron chi connectivity index (χ4n) is 3.72. The highest BCUT2D eigenvalue weighted by Gasteiger charge is 2.45. The average molecular weight is 502 g/mol. The van der Waals surface area contributed by atoms with Crippen LogP contribution in [-0.4, -0.2) is 22.5 Å². The molecule has 0 saturated carbocycles. The Morgan fingerprint density at radius 1 is 1.29 bits per heavy atom. The molecule has 1 aliphatic carbocycles. The van der Waals surface area contributed by atoms with Gasteiger partial charge in [0.25, 0.3) is 0 Å². The van der Waals surface area contributed by atoms with Gasteiger partial charge in [-0.25, -0.2) is 4.40 Å². The van der Waals surface area contributed by atoms with E-state index in [0.717, 1.165) is 37.8 Å². The van der Waals surface area contributed by atoms with Crippen molar-refractivity contribution < 1.29 is 0 Å². The number of rotatable bonds is 1. The maximum atomic E-state index is 5.61. The Kier molecular flexibility index (Phi) is 4.17. The molecular weight excluding hydrogens is 488 g/mol. The number of allylic oxidation sites excluding steroid dienone is 4. The van der Waals surface area contributed by atoms with Crippen LogP contribution >= 0.6 is 55.7 Å². The lowest BCUT2D eigenvalue weighted by Crippen LogP contribution is -2.41. The molecule has 4 nitrogen and oxygen atoms in total. The molecule has 0 radical (unpaired) electrons. The number of aromatic nitrogens is 2. The molecule has 2 aliphatic rings. The van der Waals surface area contributed by atoms with Gasteiger partial charge in [0.2, 0.25) is 0 Å². The molecule has 0 saturated heterocycles. The predicted octanol–water partition coefficient (Wildman–Crippen LogP) is 4.57. The molecule has 24 heavy (non-hydrogen) atoms. The van der Waals surface area contributed by atoms with Gasteiger partial charge in [-0.3, -0.25) is 5.14 Å². The number of nitrogens with zero attached hydrogens (tertiary/aromatic N) is 3. The number of hydrogen-bond donors (Lipinski definition) is 1. The van der Waals surface area contributed by atoms with Crippen molar-refractivity contribution in [3.63, 3.8) is 0 Å². The fourth-order valence-corrected chi connectivity index (χ4v) is 9.67. The quantitative estimate of drug-likeness (QED) is 0.459.